The number of hydrogen-bond donors (Lipinski definition) is 1. The summed E-state index contributed by atoms with van der Waals surface area (Å²) in [5.41, 5.74) is 4.66. The number of hydrogen-bond acceptors (Lipinski definition) is 3. The first-order valence-electron chi connectivity index (χ1n) is 9.73. The molecule has 0 aromatic heterocycles. The predicted molar refractivity (Wildman–Crippen MR) is 106 cm³/mol. The van der Waals surface area contributed by atoms with Crippen LogP contribution in [0, 0.1) is 11.3 Å². The molecule has 1 saturated carbocycles. The van der Waals surface area contributed by atoms with Crippen LogP contribution in [0.3, 0.4) is 0 Å². The second-order valence-corrected chi connectivity index (χ2v) is 7.39. The normalized spacial score (nSPS) is 15.1. The molecule has 2 aromatic rings. The third kappa shape index (κ3) is 5.17. The molecule has 0 spiro atoms. The van der Waals surface area contributed by atoms with E-state index < -0.39 is 0 Å². The Bertz CT molecular complexity index is 741. The predicted octanol–water partition coefficient (Wildman–Crippen LogP) is 4.61. The molecule has 0 bridgehead atoms. The molecule has 3 heteroatoms. The summed E-state index contributed by atoms with van der Waals surface area (Å²) in [5, 5.41) is 12.6. The number of benzene rings is 2. The summed E-state index contributed by atoms with van der Waals surface area (Å²) in [6, 6.07) is 19.5. The van der Waals surface area contributed by atoms with Crippen molar-refractivity contribution < 1.29 is 0 Å². The quantitative estimate of drug-likeness (QED) is 0.795. The van der Waals surface area contributed by atoms with Crippen molar-refractivity contribution in [2.45, 2.75) is 57.8 Å². The zero-order chi connectivity index (χ0) is 18.2. The largest absolute Gasteiger partial charge is 0.309 e. The molecule has 1 aliphatic carbocycles. The lowest BCUT2D eigenvalue weighted by Gasteiger charge is -2.31. The van der Waals surface area contributed by atoms with Crippen molar-refractivity contribution >= 4 is 0 Å². The standard InChI is InChI=1S/C23H29N3/c1-26(23-12-3-2-4-13-23)18-22-11-6-5-10-21(22)17-25-16-20-9-7-8-19(14-20)15-24/h5-11,14,23,25H,2-4,12-13,16-18H2,1H3. The molecule has 0 radical (unpaired) electrons. The van der Waals surface area contributed by atoms with Crippen LogP contribution in [0.15, 0.2) is 48.5 Å². The Labute approximate surface area is 157 Å². The molecule has 0 aliphatic heterocycles. The van der Waals surface area contributed by atoms with Crippen LogP contribution in [0.1, 0.15) is 54.4 Å². The highest BCUT2D eigenvalue weighted by Gasteiger charge is 2.18. The summed E-state index contributed by atoms with van der Waals surface area (Å²) >= 11 is 0. The molecule has 1 aliphatic rings. The maximum atomic E-state index is 9.02. The van der Waals surface area contributed by atoms with E-state index in [1.54, 1.807) is 0 Å². The van der Waals surface area contributed by atoms with E-state index in [1.165, 1.54) is 43.2 Å². The topological polar surface area (TPSA) is 39.1 Å². The van der Waals surface area contributed by atoms with Crippen molar-refractivity contribution in [1.29, 1.82) is 5.26 Å². The number of nitriles is 1. The Balaban J connectivity index is 1.57. The van der Waals surface area contributed by atoms with Crippen LogP contribution in [0.4, 0.5) is 0 Å². The highest BCUT2D eigenvalue weighted by atomic mass is 15.1. The van der Waals surface area contributed by atoms with Crippen LogP contribution in [-0.2, 0) is 19.6 Å². The first-order chi connectivity index (χ1) is 12.8. The first kappa shape index (κ1) is 18.6. The van der Waals surface area contributed by atoms with Crippen LogP contribution in [0.2, 0.25) is 0 Å². The summed E-state index contributed by atoms with van der Waals surface area (Å²) in [5.74, 6) is 0. The van der Waals surface area contributed by atoms with Crippen molar-refractivity contribution in [3.8, 4) is 6.07 Å². The maximum absolute atomic E-state index is 9.02. The summed E-state index contributed by atoms with van der Waals surface area (Å²) in [6.07, 6.45) is 6.83. The highest BCUT2D eigenvalue weighted by Crippen LogP contribution is 2.23. The lowest BCUT2D eigenvalue weighted by atomic mass is 9.94. The van der Waals surface area contributed by atoms with Crippen molar-refractivity contribution in [1.82, 2.24) is 10.2 Å². The molecular weight excluding hydrogens is 318 g/mol. The smallest absolute Gasteiger partial charge is 0.0991 e. The van der Waals surface area contributed by atoms with Crippen molar-refractivity contribution in [2.24, 2.45) is 0 Å². The van der Waals surface area contributed by atoms with Gasteiger partial charge in [0, 0.05) is 25.7 Å². The average molecular weight is 348 g/mol. The van der Waals surface area contributed by atoms with Crippen molar-refractivity contribution in [3.63, 3.8) is 0 Å². The number of rotatable bonds is 7. The van der Waals surface area contributed by atoms with Crippen LogP contribution >= 0.6 is 0 Å². The summed E-state index contributed by atoms with van der Waals surface area (Å²) < 4.78 is 0. The van der Waals surface area contributed by atoms with E-state index in [2.05, 4.69) is 53.7 Å². The van der Waals surface area contributed by atoms with Gasteiger partial charge in [-0.1, -0.05) is 55.7 Å². The van der Waals surface area contributed by atoms with Gasteiger partial charge in [0.2, 0.25) is 0 Å². The van der Waals surface area contributed by atoms with E-state index in [4.69, 9.17) is 5.26 Å². The van der Waals surface area contributed by atoms with E-state index in [0.29, 0.717) is 0 Å². The fourth-order valence-electron chi connectivity index (χ4n) is 3.90. The van der Waals surface area contributed by atoms with Crippen LogP contribution in [0.25, 0.3) is 0 Å². The lowest BCUT2D eigenvalue weighted by Crippen LogP contribution is -2.33. The first-order valence-corrected chi connectivity index (χ1v) is 9.73. The molecule has 0 atom stereocenters. The summed E-state index contributed by atoms with van der Waals surface area (Å²) in [6.45, 7) is 2.65. The van der Waals surface area contributed by atoms with E-state index in [-0.39, 0.29) is 0 Å². The lowest BCUT2D eigenvalue weighted by molar-refractivity contribution is 0.184. The Hall–Kier alpha value is -2.15. The van der Waals surface area contributed by atoms with Crippen LogP contribution < -0.4 is 5.32 Å². The van der Waals surface area contributed by atoms with Crippen molar-refractivity contribution in [3.05, 3.63) is 70.8 Å². The third-order valence-electron chi connectivity index (χ3n) is 5.44. The Morgan fingerprint density at radius 2 is 1.77 bits per heavy atom. The SMILES string of the molecule is CN(Cc1ccccc1CNCc1cccc(C#N)c1)C1CCCCC1. The minimum absolute atomic E-state index is 0.721. The van der Waals surface area contributed by atoms with Crippen LogP contribution in [-0.4, -0.2) is 18.0 Å². The Kier molecular flexibility index (Phi) is 6.82. The van der Waals surface area contributed by atoms with Gasteiger partial charge in [-0.25, -0.2) is 0 Å². The molecule has 136 valence electrons. The van der Waals surface area contributed by atoms with E-state index in [9.17, 15) is 0 Å². The van der Waals surface area contributed by atoms with Crippen LogP contribution in [0.5, 0.6) is 0 Å². The molecule has 3 nitrogen and oxygen atoms in total. The second kappa shape index (κ2) is 9.52. The molecule has 0 unspecified atom stereocenters. The molecule has 26 heavy (non-hydrogen) atoms. The molecule has 3 rings (SSSR count). The Morgan fingerprint density at radius 3 is 2.54 bits per heavy atom. The molecule has 0 amide bonds. The van der Waals surface area contributed by atoms with Gasteiger partial charge in [-0.05, 0) is 48.7 Å². The number of nitrogens with one attached hydrogen (secondary N) is 1. The van der Waals surface area contributed by atoms with E-state index in [0.717, 1.165) is 36.8 Å². The van der Waals surface area contributed by atoms with Gasteiger partial charge in [0.25, 0.3) is 0 Å². The zero-order valence-corrected chi connectivity index (χ0v) is 15.7. The monoisotopic (exact) mass is 347 g/mol. The second-order valence-electron chi connectivity index (χ2n) is 7.39. The van der Waals surface area contributed by atoms with Gasteiger partial charge in [-0.15, -0.1) is 0 Å². The molecule has 2 aromatic carbocycles. The third-order valence-corrected chi connectivity index (χ3v) is 5.44. The number of nitrogens with zero attached hydrogens (tertiary/aromatic N) is 2. The molecular formula is C23H29N3. The van der Waals surface area contributed by atoms with Gasteiger partial charge >= 0.3 is 0 Å². The van der Waals surface area contributed by atoms with Gasteiger partial charge in [0.15, 0.2) is 0 Å². The summed E-state index contributed by atoms with van der Waals surface area (Å²) in [7, 11) is 2.27. The fraction of sp³-hybridized carbons (Fsp3) is 0.435. The van der Waals surface area contributed by atoms with Crippen molar-refractivity contribution in [2.75, 3.05) is 7.05 Å². The van der Waals surface area contributed by atoms with Gasteiger partial charge in [-0.3, -0.25) is 4.90 Å². The molecule has 1 N–H and O–H groups in total. The zero-order valence-electron chi connectivity index (χ0n) is 15.7. The highest BCUT2D eigenvalue weighted by molar-refractivity contribution is 5.33. The fourth-order valence-corrected chi connectivity index (χ4v) is 3.90. The van der Waals surface area contributed by atoms with Gasteiger partial charge < -0.3 is 5.32 Å². The summed E-state index contributed by atoms with van der Waals surface area (Å²) in [4.78, 5) is 2.54. The van der Waals surface area contributed by atoms with Gasteiger partial charge in [0.05, 0.1) is 11.6 Å². The van der Waals surface area contributed by atoms with Gasteiger partial charge in [-0.2, -0.15) is 5.26 Å². The molecule has 1 fully saturated rings. The maximum Gasteiger partial charge on any atom is 0.0991 e. The molecule has 0 heterocycles. The van der Waals surface area contributed by atoms with E-state index >= 15 is 0 Å². The average Bonchev–Trinajstić information content (AvgIpc) is 2.70. The minimum atomic E-state index is 0.721. The van der Waals surface area contributed by atoms with E-state index in [1.807, 2.05) is 18.2 Å². The Morgan fingerprint density at radius 1 is 1.00 bits per heavy atom. The molecule has 0 saturated heterocycles. The minimum Gasteiger partial charge on any atom is -0.309 e. The van der Waals surface area contributed by atoms with Gasteiger partial charge in [0.1, 0.15) is 0 Å².